The third-order valence-corrected chi connectivity index (χ3v) is 5.75. The Balaban J connectivity index is 0.00000225. The third-order valence-electron chi connectivity index (χ3n) is 5.43. The molecule has 1 saturated heterocycles. The summed E-state index contributed by atoms with van der Waals surface area (Å²) < 4.78 is 5.84. The van der Waals surface area contributed by atoms with Crippen LogP contribution in [0.2, 0.25) is 5.02 Å². The fraction of sp³-hybridized carbons (Fsp3) is 0.632. The summed E-state index contributed by atoms with van der Waals surface area (Å²) in [5.74, 6) is 0. The number of likely N-dealkylation sites (tertiary alicyclic amines) is 1. The monoisotopic (exact) mass is 386 g/mol. The van der Waals surface area contributed by atoms with Gasteiger partial charge in [-0.1, -0.05) is 23.7 Å². The molecule has 1 aliphatic heterocycles. The molecule has 1 amide bonds. The van der Waals surface area contributed by atoms with Crippen LogP contribution in [0.5, 0.6) is 0 Å². The topological polar surface area (TPSA) is 42.8 Å². The van der Waals surface area contributed by atoms with Crippen molar-refractivity contribution in [3.05, 3.63) is 28.8 Å². The lowest BCUT2D eigenvalue weighted by Crippen LogP contribution is -3.17. The van der Waals surface area contributed by atoms with Gasteiger partial charge in [0.05, 0.1) is 23.8 Å². The number of aryl methyl sites for hydroxylation is 1. The summed E-state index contributed by atoms with van der Waals surface area (Å²) in [6.45, 7) is 4.37. The molecule has 2 fully saturated rings. The molecule has 1 aromatic rings. The molecule has 0 radical (unpaired) electrons. The molecule has 2 atom stereocenters. The number of hydrogen-bond acceptors (Lipinski definition) is 2. The SMILES string of the molecule is Cc1cccc(Cl)c1NC(=O)OC1CCCCC1[NH+]1CCCCC1.[Cl-]. The van der Waals surface area contributed by atoms with Crippen molar-refractivity contribution in [3.63, 3.8) is 0 Å². The first kappa shape index (κ1) is 20.3. The number of halogens is 2. The number of carbonyl (C=O) groups excluding carboxylic acids is 1. The highest BCUT2D eigenvalue weighted by molar-refractivity contribution is 6.33. The van der Waals surface area contributed by atoms with E-state index in [0.29, 0.717) is 16.8 Å². The van der Waals surface area contributed by atoms with E-state index in [1.54, 1.807) is 11.0 Å². The second kappa shape index (κ2) is 9.65. The van der Waals surface area contributed by atoms with Crippen molar-refractivity contribution in [3.8, 4) is 0 Å². The zero-order valence-corrected chi connectivity index (χ0v) is 16.3. The van der Waals surface area contributed by atoms with E-state index >= 15 is 0 Å². The van der Waals surface area contributed by atoms with E-state index in [-0.39, 0.29) is 24.6 Å². The van der Waals surface area contributed by atoms with Crippen molar-refractivity contribution >= 4 is 23.4 Å². The lowest BCUT2D eigenvalue weighted by atomic mass is 9.90. The zero-order valence-electron chi connectivity index (χ0n) is 14.8. The molecule has 0 spiro atoms. The van der Waals surface area contributed by atoms with Crippen molar-refractivity contribution in [2.24, 2.45) is 0 Å². The minimum absolute atomic E-state index is 0. The minimum atomic E-state index is -0.375. The van der Waals surface area contributed by atoms with Gasteiger partial charge in [0.15, 0.2) is 6.10 Å². The summed E-state index contributed by atoms with van der Waals surface area (Å²) >= 11 is 6.19. The Morgan fingerprint density at radius 1 is 1.16 bits per heavy atom. The third kappa shape index (κ3) is 5.25. The summed E-state index contributed by atoms with van der Waals surface area (Å²) in [7, 11) is 0. The van der Waals surface area contributed by atoms with Crippen molar-refractivity contribution < 1.29 is 26.8 Å². The van der Waals surface area contributed by atoms with Gasteiger partial charge in [0.2, 0.25) is 0 Å². The summed E-state index contributed by atoms with van der Waals surface area (Å²) in [4.78, 5) is 14.0. The molecule has 25 heavy (non-hydrogen) atoms. The molecule has 4 nitrogen and oxygen atoms in total. The quantitative estimate of drug-likeness (QED) is 0.797. The molecule has 2 aliphatic rings. The molecular weight excluding hydrogens is 359 g/mol. The van der Waals surface area contributed by atoms with Crippen LogP contribution >= 0.6 is 11.6 Å². The van der Waals surface area contributed by atoms with E-state index in [1.807, 2.05) is 19.1 Å². The number of quaternary nitrogens is 1. The van der Waals surface area contributed by atoms with Crippen LogP contribution in [-0.4, -0.2) is 31.3 Å². The maximum Gasteiger partial charge on any atom is 0.412 e. The molecule has 1 aromatic carbocycles. The van der Waals surface area contributed by atoms with Crippen LogP contribution in [0.25, 0.3) is 0 Å². The number of ether oxygens (including phenoxy) is 1. The number of amides is 1. The number of carbonyl (C=O) groups is 1. The van der Waals surface area contributed by atoms with Crippen molar-refractivity contribution in [2.75, 3.05) is 18.4 Å². The summed E-state index contributed by atoms with van der Waals surface area (Å²) in [5, 5.41) is 3.40. The average Bonchev–Trinajstić information content (AvgIpc) is 2.60. The standard InChI is InChI=1S/C19H27ClN2O2.ClH/c1-14-8-7-9-15(20)18(14)21-19(23)24-17-11-4-3-10-16(17)22-12-5-2-6-13-22;/h7-9,16-17H,2-6,10-13H2,1H3,(H,21,23);1H. The predicted molar refractivity (Wildman–Crippen MR) is 96.9 cm³/mol. The number of rotatable bonds is 3. The Kier molecular flexibility index (Phi) is 7.85. The first-order chi connectivity index (χ1) is 11.6. The number of anilines is 1. The fourth-order valence-corrected chi connectivity index (χ4v) is 4.41. The van der Waals surface area contributed by atoms with Gasteiger partial charge < -0.3 is 22.0 Å². The van der Waals surface area contributed by atoms with E-state index in [4.69, 9.17) is 16.3 Å². The van der Waals surface area contributed by atoms with E-state index in [9.17, 15) is 4.79 Å². The van der Waals surface area contributed by atoms with E-state index in [0.717, 1.165) is 18.4 Å². The first-order valence-corrected chi connectivity index (χ1v) is 9.60. The van der Waals surface area contributed by atoms with Gasteiger partial charge in [-0.3, -0.25) is 5.32 Å². The van der Waals surface area contributed by atoms with Crippen LogP contribution in [0.1, 0.15) is 50.5 Å². The van der Waals surface area contributed by atoms with Gasteiger partial charge in [0, 0.05) is 6.42 Å². The van der Waals surface area contributed by atoms with Gasteiger partial charge in [-0.05, 0) is 57.1 Å². The average molecular weight is 387 g/mol. The number of piperidine rings is 1. The smallest absolute Gasteiger partial charge is 0.412 e. The molecular formula is C19H28Cl2N2O2. The molecule has 2 N–H and O–H groups in total. The van der Waals surface area contributed by atoms with Crippen LogP contribution in [0.4, 0.5) is 10.5 Å². The Morgan fingerprint density at radius 2 is 1.88 bits per heavy atom. The Labute approximate surface area is 161 Å². The summed E-state index contributed by atoms with van der Waals surface area (Å²) in [6, 6.07) is 6.05. The number of benzene rings is 1. The van der Waals surface area contributed by atoms with E-state index in [1.165, 1.54) is 45.2 Å². The molecule has 1 saturated carbocycles. The normalized spacial score (nSPS) is 24.2. The largest absolute Gasteiger partial charge is 1.00 e. The van der Waals surface area contributed by atoms with Gasteiger partial charge in [-0.2, -0.15) is 0 Å². The van der Waals surface area contributed by atoms with Crippen LogP contribution in [0.3, 0.4) is 0 Å². The second-order valence-corrected chi connectivity index (χ2v) is 7.52. The number of nitrogens with one attached hydrogen (secondary N) is 2. The maximum absolute atomic E-state index is 12.4. The lowest BCUT2D eigenvalue weighted by molar-refractivity contribution is -0.934. The Morgan fingerprint density at radius 3 is 2.60 bits per heavy atom. The maximum atomic E-state index is 12.4. The van der Waals surface area contributed by atoms with Gasteiger partial charge in [0.1, 0.15) is 6.04 Å². The van der Waals surface area contributed by atoms with Gasteiger partial charge in [-0.25, -0.2) is 4.79 Å². The first-order valence-electron chi connectivity index (χ1n) is 9.22. The van der Waals surface area contributed by atoms with Gasteiger partial charge >= 0.3 is 6.09 Å². The minimum Gasteiger partial charge on any atom is -1.00 e. The summed E-state index contributed by atoms with van der Waals surface area (Å²) in [5.41, 5.74) is 1.60. The second-order valence-electron chi connectivity index (χ2n) is 7.11. The van der Waals surface area contributed by atoms with Crippen LogP contribution in [0.15, 0.2) is 18.2 Å². The van der Waals surface area contributed by atoms with Crippen molar-refractivity contribution in [1.82, 2.24) is 0 Å². The highest BCUT2D eigenvalue weighted by atomic mass is 35.5. The van der Waals surface area contributed by atoms with Crippen LogP contribution in [-0.2, 0) is 4.74 Å². The molecule has 140 valence electrons. The number of para-hydroxylation sites is 1. The highest BCUT2D eigenvalue weighted by Crippen LogP contribution is 2.26. The Bertz CT molecular complexity index is 556. The van der Waals surface area contributed by atoms with Crippen LogP contribution in [0, 0.1) is 6.92 Å². The number of hydrogen-bond donors (Lipinski definition) is 2. The molecule has 6 heteroatoms. The van der Waals surface area contributed by atoms with E-state index in [2.05, 4.69) is 5.32 Å². The molecule has 3 rings (SSSR count). The molecule has 1 heterocycles. The lowest BCUT2D eigenvalue weighted by Gasteiger charge is -2.38. The summed E-state index contributed by atoms with van der Waals surface area (Å²) in [6.07, 6.45) is 8.11. The Hall–Kier alpha value is -0.970. The predicted octanol–water partition coefficient (Wildman–Crippen LogP) is 0.581. The zero-order chi connectivity index (χ0) is 16.9. The molecule has 0 aromatic heterocycles. The van der Waals surface area contributed by atoms with Gasteiger partial charge in [0.25, 0.3) is 0 Å². The van der Waals surface area contributed by atoms with Gasteiger partial charge in [-0.15, -0.1) is 0 Å². The highest BCUT2D eigenvalue weighted by Gasteiger charge is 2.36. The molecule has 1 aliphatic carbocycles. The van der Waals surface area contributed by atoms with Crippen molar-refractivity contribution in [1.29, 1.82) is 0 Å². The molecule has 2 unspecified atom stereocenters. The van der Waals surface area contributed by atoms with E-state index < -0.39 is 0 Å². The molecule has 0 bridgehead atoms. The van der Waals surface area contributed by atoms with Crippen molar-refractivity contribution in [2.45, 2.75) is 64.0 Å². The fourth-order valence-electron chi connectivity index (χ4n) is 4.14. The van der Waals surface area contributed by atoms with Crippen LogP contribution < -0.4 is 22.6 Å².